The van der Waals surface area contributed by atoms with Gasteiger partial charge in [0.1, 0.15) is 11.6 Å². The molecule has 1 aromatic carbocycles. The van der Waals surface area contributed by atoms with Crippen LogP contribution in [-0.4, -0.2) is 9.55 Å². The molecule has 1 heterocycles. The number of rotatable bonds is 2. The lowest BCUT2D eigenvalue weighted by molar-refractivity contribution is 0.616. The summed E-state index contributed by atoms with van der Waals surface area (Å²) in [6, 6.07) is 6.59. The molecule has 1 aromatic heterocycles. The van der Waals surface area contributed by atoms with Crippen molar-refractivity contribution in [2.24, 2.45) is 5.73 Å². The topological polar surface area (TPSA) is 43.8 Å². The Morgan fingerprint density at radius 3 is 2.73 bits per heavy atom. The van der Waals surface area contributed by atoms with Crippen molar-refractivity contribution in [3.05, 3.63) is 47.8 Å². The number of imidazole rings is 1. The van der Waals surface area contributed by atoms with Crippen LogP contribution in [0.4, 0.5) is 4.39 Å². The summed E-state index contributed by atoms with van der Waals surface area (Å²) in [5, 5.41) is 0. The Kier molecular flexibility index (Phi) is 2.51. The summed E-state index contributed by atoms with van der Waals surface area (Å²) in [6.45, 7) is 2.19. The fraction of sp³-hybridized carbons (Fsp3) is 0.182. The SMILES string of the molecule is Cc1nc(CN)cn1-c1ccccc1F. The number of hydrogen-bond acceptors (Lipinski definition) is 2. The van der Waals surface area contributed by atoms with Crippen molar-refractivity contribution in [3.8, 4) is 5.69 Å². The van der Waals surface area contributed by atoms with Crippen LogP contribution >= 0.6 is 0 Å². The second-order valence-corrected chi connectivity index (χ2v) is 3.30. The summed E-state index contributed by atoms with van der Waals surface area (Å²) in [4.78, 5) is 4.22. The molecule has 3 nitrogen and oxygen atoms in total. The normalized spacial score (nSPS) is 10.6. The molecule has 15 heavy (non-hydrogen) atoms. The third kappa shape index (κ3) is 1.76. The van der Waals surface area contributed by atoms with Crippen molar-refractivity contribution in [1.82, 2.24) is 9.55 Å². The molecule has 0 radical (unpaired) electrons. The molecule has 0 unspecified atom stereocenters. The van der Waals surface area contributed by atoms with E-state index in [-0.39, 0.29) is 5.82 Å². The minimum absolute atomic E-state index is 0.262. The summed E-state index contributed by atoms with van der Waals surface area (Å²) in [6.07, 6.45) is 1.76. The van der Waals surface area contributed by atoms with E-state index < -0.39 is 0 Å². The lowest BCUT2D eigenvalue weighted by atomic mass is 10.3. The molecule has 4 heteroatoms. The fourth-order valence-corrected chi connectivity index (χ4v) is 1.52. The molecule has 0 fully saturated rings. The predicted molar refractivity (Wildman–Crippen MR) is 56.2 cm³/mol. The lowest BCUT2D eigenvalue weighted by Crippen LogP contribution is -1.98. The smallest absolute Gasteiger partial charge is 0.147 e. The van der Waals surface area contributed by atoms with E-state index in [1.165, 1.54) is 6.07 Å². The Morgan fingerprint density at radius 1 is 1.40 bits per heavy atom. The van der Waals surface area contributed by atoms with Crippen LogP contribution in [0.5, 0.6) is 0 Å². The Morgan fingerprint density at radius 2 is 2.13 bits per heavy atom. The molecular formula is C11H12FN3. The summed E-state index contributed by atoms with van der Waals surface area (Å²) in [5.74, 6) is 0.474. The van der Waals surface area contributed by atoms with E-state index >= 15 is 0 Å². The molecule has 0 spiro atoms. The number of aryl methyl sites for hydroxylation is 1. The molecule has 2 N–H and O–H groups in total. The number of nitrogens with zero attached hydrogens (tertiary/aromatic N) is 2. The van der Waals surface area contributed by atoms with Gasteiger partial charge >= 0.3 is 0 Å². The first kappa shape index (κ1) is 9.86. The minimum Gasteiger partial charge on any atom is -0.325 e. The van der Waals surface area contributed by atoms with Gasteiger partial charge in [-0.3, -0.25) is 0 Å². The highest BCUT2D eigenvalue weighted by molar-refractivity contribution is 5.35. The zero-order chi connectivity index (χ0) is 10.8. The van der Waals surface area contributed by atoms with E-state index in [1.807, 2.05) is 6.92 Å². The van der Waals surface area contributed by atoms with Gasteiger partial charge in [0, 0.05) is 12.7 Å². The third-order valence-corrected chi connectivity index (χ3v) is 2.25. The van der Waals surface area contributed by atoms with Gasteiger partial charge in [-0.05, 0) is 19.1 Å². The number of nitrogens with two attached hydrogens (primary N) is 1. The van der Waals surface area contributed by atoms with Crippen LogP contribution in [0.1, 0.15) is 11.5 Å². The third-order valence-electron chi connectivity index (χ3n) is 2.25. The first-order valence-corrected chi connectivity index (χ1v) is 4.72. The van der Waals surface area contributed by atoms with Crippen molar-refractivity contribution >= 4 is 0 Å². The largest absolute Gasteiger partial charge is 0.325 e. The van der Waals surface area contributed by atoms with Crippen molar-refractivity contribution < 1.29 is 4.39 Å². The summed E-state index contributed by atoms with van der Waals surface area (Å²) in [5.41, 5.74) is 6.74. The van der Waals surface area contributed by atoms with Gasteiger partial charge in [0.25, 0.3) is 0 Å². The maximum Gasteiger partial charge on any atom is 0.147 e. The monoisotopic (exact) mass is 205 g/mol. The molecule has 2 rings (SSSR count). The van der Waals surface area contributed by atoms with Crippen molar-refractivity contribution in [1.29, 1.82) is 0 Å². The van der Waals surface area contributed by atoms with Crippen molar-refractivity contribution in [2.75, 3.05) is 0 Å². The van der Waals surface area contributed by atoms with Crippen LogP contribution in [0.25, 0.3) is 5.69 Å². The number of benzene rings is 1. The maximum absolute atomic E-state index is 13.5. The van der Waals surface area contributed by atoms with E-state index in [0.717, 1.165) is 11.5 Å². The van der Waals surface area contributed by atoms with Gasteiger partial charge in [-0.25, -0.2) is 9.37 Å². The molecular weight excluding hydrogens is 193 g/mol. The quantitative estimate of drug-likeness (QED) is 0.812. The number of hydrogen-bond donors (Lipinski definition) is 1. The maximum atomic E-state index is 13.5. The van der Waals surface area contributed by atoms with E-state index in [9.17, 15) is 4.39 Å². The van der Waals surface area contributed by atoms with Crippen molar-refractivity contribution in [2.45, 2.75) is 13.5 Å². The summed E-state index contributed by atoms with van der Waals surface area (Å²) < 4.78 is 15.2. The van der Waals surface area contributed by atoms with E-state index in [4.69, 9.17) is 5.73 Å². The van der Waals surface area contributed by atoms with Crippen LogP contribution in [0.3, 0.4) is 0 Å². The van der Waals surface area contributed by atoms with Gasteiger partial charge < -0.3 is 10.3 Å². The standard InChI is InChI=1S/C11H12FN3/c1-8-14-9(6-13)7-15(8)11-5-3-2-4-10(11)12/h2-5,7H,6,13H2,1H3. The van der Waals surface area contributed by atoms with Gasteiger partial charge in [-0.1, -0.05) is 12.1 Å². The second-order valence-electron chi connectivity index (χ2n) is 3.30. The van der Waals surface area contributed by atoms with E-state index in [0.29, 0.717) is 12.2 Å². The molecule has 2 aromatic rings. The zero-order valence-electron chi connectivity index (χ0n) is 8.44. The highest BCUT2D eigenvalue weighted by atomic mass is 19.1. The van der Waals surface area contributed by atoms with Crippen LogP contribution in [0.2, 0.25) is 0 Å². The molecule has 0 aliphatic rings. The lowest BCUT2D eigenvalue weighted by Gasteiger charge is -2.05. The zero-order valence-corrected chi connectivity index (χ0v) is 8.44. The van der Waals surface area contributed by atoms with E-state index in [2.05, 4.69) is 4.98 Å². The predicted octanol–water partition coefficient (Wildman–Crippen LogP) is 1.78. The number of halogens is 1. The first-order chi connectivity index (χ1) is 7.22. The summed E-state index contributed by atoms with van der Waals surface area (Å²) >= 11 is 0. The average Bonchev–Trinajstić information content (AvgIpc) is 2.60. The minimum atomic E-state index is -0.262. The summed E-state index contributed by atoms with van der Waals surface area (Å²) in [7, 11) is 0. The molecule has 0 saturated carbocycles. The van der Waals surface area contributed by atoms with Gasteiger partial charge in [0.2, 0.25) is 0 Å². The molecule has 0 saturated heterocycles. The molecule has 0 atom stereocenters. The van der Waals surface area contributed by atoms with Crippen LogP contribution < -0.4 is 5.73 Å². The second kappa shape index (κ2) is 3.82. The molecule has 0 aliphatic carbocycles. The Balaban J connectivity index is 2.54. The highest BCUT2D eigenvalue weighted by Crippen LogP contribution is 2.15. The van der Waals surface area contributed by atoms with Crippen LogP contribution in [0.15, 0.2) is 30.5 Å². The fourth-order valence-electron chi connectivity index (χ4n) is 1.52. The average molecular weight is 205 g/mol. The Labute approximate surface area is 87.4 Å². The Hall–Kier alpha value is -1.68. The van der Waals surface area contributed by atoms with Gasteiger partial charge in [0.15, 0.2) is 0 Å². The number of aromatic nitrogens is 2. The van der Waals surface area contributed by atoms with Crippen molar-refractivity contribution in [3.63, 3.8) is 0 Å². The van der Waals surface area contributed by atoms with Gasteiger partial charge in [-0.15, -0.1) is 0 Å². The highest BCUT2D eigenvalue weighted by Gasteiger charge is 2.08. The number of para-hydroxylation sites is 1. The molecule has 0 aliphatic heterocycles. The Bertz CT molecular complexity index is 476. The van der Waals surface area contributed by atoms with Gasteiger partial charge in [0.05, 0.1) is 11.4 Å². The van der Waals surface area contributed by atoms with Crippen LogP contribution in [-0.2, 0) is 6.54 Å². The first-order valence-electron chi connectivity index (χ1n) is 4.72. The molecule has 0 amide bonds. The molecule has 0 bridgehead atoms. The van der Waals surface area contributed by atoms with Gasteiger partial charge in [-0.2, -0.15) is 0 Å². The van der Waals surface area contributed by atoms with Crippen LogP contribution in [0, 0.1) is 12.7 Å². The van der Waals surface area contributed by atoms with E-state index in [1.54, 1.807) is 29.0 Å². The molecule has 78 valence electrons.